The molecule has 3 rings (SSSR count). The fourth-order valence-corrected chi connectivity index (χ4v) is 3.32. The zero-order valence-electron chi connectivity index (χ0n) is 14.5. The number of para-hydroxylation sites is 1. The van der Waals surface area contributed by atoms with E-state index in [1.165, 1.54) is 17.4 Å². The minimum Gasteiger partial charge on any atom is -0.450 e. The molecule has 2 aromatic heterocycles. The van der Waals surface area contributed by atoms with Gasteiger partial charge in [-0.25, -0.2) is 9.78 Å². The maximum absolute atomic E-state index is 12.0. The molecule has 0 spiro atoms. The van der Waals surface area contributed by atoms with Crippen molar-refractivity contribution in [2.75, 3.05) is 13.2 Å². The van der Waals surface area contributed by atoms with Crippen LogP contribution in [-0.4, -0.2) is 30.0 Å². The van der Waals surface area contributed by atoms with Gasteiger partial charge in [0.05, 0.1) is 10.2 Å². The number of rotatable bonds is 8. The van der Waals surface area contributed by atoms with E-state index in [2.05, 4.69) is 17.2 Å². The van der Waals surface area contributed by atoms with Gasteiger partial charge < -0.3 is 14.5 Å². The molecule has 0 radical (unpaired) electrons. The molecule has 6 nitrogen and oxygen atoms in total. The molecule has 2 heterocycles. The van der Waals surface area contributed by atoms with Crippen LogP contribution in [0.15, 0.2) is 40.8 Å². The van der Waals surface area contributed by atoms with Crippen LogP contribution in [0.5, 0.6) is 0 Å². The molecule has 0 aliphatic heterocycles. The number of esters is 1. The van der Waals surface area contributed by atoms with Crippen LogP contribution in [0.4, 0.5) is 0 Å². The maximum Gasteiger partial charge on any atom is 0.374 e. The molecule has 136 valence electrons. The van der Waals surface area contributed by atoms with Crippen molar-refractivity contribution in [2.24, 2.45) is 0 Å². The van der Waals surface area contributed by atoms with Crippen LogP contribution >= 0.6 is 11.3 Å². The molecule has 3 aromatic rings. The Bertz CT molecular complexity index is 867. The summed E-state index contributed by atoms with van der Waals surface area (Å²) < 4.78 is 11.6. The van der Waals surface area contributed by atoms with E-state index in [1.54, 1.807) is 6.07 Å². The van der Waals surface area contributed by atoms with Crippen molar-refractivity contribution in [1.82, 2.24) is 10.3 Å². The van der Waals surface area contributed by atoms with Crippen LogP contribution < -0.4 is 5.32 Å². The molecule has 1 N–H and O–H groups in total. The Labute approximate surface area is 155 Å². The molecular weight excluding hydrogens is 352 g/mol. The van der Waals surface area contributed by atoms with Gasteiger partial charge in [0.1, 0.15) is 0 Å². The first-order chi connectivity index (χ1) is 12.7. The predicted molar refractivity (Wildman–Crippen MR) is 100 cm³/mol. The third kappa shape index (κ3) is 4.49. The SMILES string of the molecule is CCCCCNC(=O)COC(=O)c1ccc(-c2nc3ccccc3s2)o1. The van der Waals surface area contributed by atoms with Gasteiger partial charge in [-0.15, -0.1) is 11.3 Å². The third-order valence-corrected chi connectivity index (χ3v) is 4.80. The number of fused-ring (bicyclic) bond motifs is 1. The Hall–Kier alpha value is -2.67. The number of carbonyl (C=O) groups is 2. The number of hydrogen-bond donors (Lipinski definition) is 1. The van der Waals surface area contributed by atoms with Gasteiger partial charge >= 0.3 is 5.97 Å². The first-order valence-corrected chi connectivity index (χ1v) is 9.38. The lowest BCUT2D eigenvalue weighted by Crippen LogP contribution is -2.29. The second kappa shape index (κ2) is 8.62. The molecule has 0 saturated carbocycles. The van der Waals surface area contributed by atoms with E-state index >= 15 is 0 Å². The summed E-state index contributed by atoms with van der Waals surface area (Å²) in [4.78, 5) is 28.2. The highest BCUT2D eigenvalue weighted by atomic mass is 32.1. The van der Waals surface area contributed by atoms with E-state index in [9.17, 15) is 9.59 Å². The van der Waals surface area contributed by atoms with E-state index in [0.29, 0.717) is 17.3 Å². The van der Waals surface area contributed by atoms with Crippen LogP contribution in [0, 0.1) is 0 Å². The second-order valence-corrected chi connectivity index (χ2v) is 6.81. The van der Waals surface area contributed by atoms with E-state index in [0.717, 1.165) is 29.5 Å². The molecule has 0 aliphatic rings. The number of unbranched alkanes of at least 4 members (excludes halogenated alkanes) is 2. The molecule has 0 unspecified atom stereocenters. The summed E-state index contributed by atoms with van der Waals surface area (Å²) >= 11 is 1.49. The lowest BCUT2D eigenvalue weighted by molar-refractivity contribution is -0.124. The van der Waals surface area contributed by atoms with Crippen molar-refractivity contribution < 1.29 is 18.7 Å². The predicted octanol–water partition coefficient (Wildman–Crippen LogP) is 4.02. The molecule has 0 bridgehead atoms. The highest BCUT2D eigenvalue weighted by Crippen LogP contribution is 2.31. The fourth-order valence-electron chi connectivity index (χ4n) is 2.40. The lowest BCUT2D eigenvalue weighted by atomic mass is 10.2. The average molecular weight is 372 g/mol. The van der Waals surface area contributed by atoms with Gasteiger partial charge in [0.15, 0.2) is 17.4 Å². The molecule has 0 atom stereocenters. The van der Waals surface area contributed by atoms with E-state index in [-0.39, 0.29) is 18.3 Å². The Balaban J connectivity index is 1.55. The van der Waals surface area contributed by atoms with Gasteiger partial charge in [-0.1, -0.05) is 31.9 Å². The molecule has 0 aliphatic carbocycles. The monoisotopic (exact) mass is 372 g/mol. The first kappa shape index (κ1) is 18.1. The number of ether oxygens (including phenoxy) is 1. The molecule has 7 heteroatoms. The highest BCUT2D eigenvalue weighted by Gasteiger charge is 2.17. The van der Waals surface area contributed by atoms with Gasteiger partial charge in [0, 0.05) is 6.54 Å². The van der Waals surface area contributed by atoms with Crippen LogP contribution in [0.25, 0.3) is 21.0 Å². The Morgan fingerprint density at radius 2 is 2.04 bits per heavy atom. The van der Waals surface area contributed by atoms with Gasteiger partial charge in [0.2, 0.25) is 5.76 Å². The molecule has 1 amide bonds. The fraction of sp³-hybridized carbons (Fsp3) is 0.316. The van der Waals surface area contributed by atoms with Crippen LogP contribution in [0.2, 0.25) is 0 Å². The van der Waals surface area contributed by atoms with Crippen molar-refractivity contribution >= 4 is 33.4 Å². The largest absolute Gasteiger partial charge is 0.450 e. The quantitative estimate of drug-likeness (QED) is 0.477. The number of thiazole rings is 1. The van der Waals surface area contributed by atoms with Crippen molar-refractivity contribution in [2.45, 2.75) is 26.2 Å². The normalized spacial score (nSPS) is 10.8. The standard InChI is InChI=1S/C19H20N2O4S/c1-2-3-6-11-20-17(22)12-24-19(23)15-10-9-14(25-15)18-21-13-7-4-5-8-16(13)26-18/h4-5,7-10H,2-3,6,11-12H2,1H3,(H,20,22). The molecule has 0 saturated heterocycles. The van der Waals surface area contributed by atoms with Crippen LogP contribution in [0.1, 0.15) is 36.7 Å². The van der Waals surface area contributed by atoms with Crippen LogP contribution in [0.3, 0.4) is 0 Å². The number of carbonyl (C=O) groups excluding carboxylic acids is 2. The second-order valence-electron chi connectivity index (χ2n) is 5.78. The van der Waals surface area contributed by atoms with E-state index < -0.39 is 5.97 Å². The number of nitrogens with zero attached hydrogens (tertiary/aromatic N) is 1. The summed E-state index contributed by atoms with van der Waals surface area (Å²) in [6.07, 6.45) is 3.06. The number of nitrogens with one attached hydrogen (secondary N) is 1. The maximum atomic E-state index is 12.0. The summed E-state index contributed by atoms with van der Waals surface area (Å²) in [7, 11) is 0. The lowest BCUT2D eigenvalue weighted by Gasteiger charge is -2.05. The van der Waals surface area contributed by atoms with Crippen LogP contribution in [-0.2, 0) is 9.53 Å². The molecule has 1 aromatic carbocycles. The van der Waals surface area contributed by atoms with Crippen molar-refractivity contribution in [3.63, 3.8) is 0 Å². The van der Waals surface area contributed by atoms with E-state index in [1.807, 2.05) is 24.3 Å². The molecule has 0 fully saturated rings. The number of furan rings is 1. The van der Waals surface area contributed by atoms with Gasteiger partial charge in [0.25, 0.3) is 5.91 Å². The minimum absolute atomic E-state index is 0.0537. The Morgan fingerprint density at radius 1 is 1.19 bits per heavy atom. The van der Waals surface area contributed by atoms with E-state index in [4.69, 9.17) is 9.15 Å². The molecule has 26 heavy (non-hydrogen) atoms. The topological polar surface area (TPSA) is 81.4 Å². The summed E-state index contributed by atoms with van der Waals surface area (Å²) in [5.41, 5.74) is 0.882. The number of hydrogen-bond acceptors (Lipinski definition) is 6. The Morgan fingerprint density at radius 3 is 2.85 bits per heavy atom. The Kier molecular flexibility index (Phi) is 6.01. The third-order valence-electron chi connectivity index (χ3n) is 3.75. The zero-order chi connectivity index (χ0) is 18.4. The molecular formula is C19H20N2O4S. The average Bonchev–Trinajstić information content (AvgIpc) is 3.29. The van der Waals surface area contributed by atoms with Gasteiger partial charge in [-0.3, -0.25) is 4.79 Å². The highest BCUT2D eigenvalue weighted by molar-refractivity contribution is 7.21. The van der Waals surface area contributed by atoms with Gasteiger partial charge in [-0.05, 0) is 30.7 Å². The van der Waals surface area contributed by atoms with Crippen molar-refractivity contribution in [3.05, 3.63) is 42.2 Å². The summed E-state index contributed by atoms with van der Waals surface area (Å²) in [6, 6.07) is 11.0. The first-order valence-electron chi connectivity index (χ1n) is 8.57. The van der Waals surface area contributed by atoms with Crippen molar-refractivity contribution in [3.8, 4) is 10.8 Å². The minimum atomic E-state index is -0.666. The van der Waals surface area contributed by atoms with Crippen molar-refractivity contribution in [1.29, 1.82) is 0 Å². The van der Waals surface area contributed by atoms with Gasteiger partial charge in [-0.2, -0.15) is 0 Å². The number of amides is 1. The zero-order valence-corrected chi connectivity index (χ0v) is 15.3. The number of aromatic nitrogens is 1. The number of benzene rings is 1. The summed E-state index contributed by atoms with van der Waals surface area (Å²) in [6.45, 7) is 2.37. The summed E-state index contributed by atoms with van der Waals surface area (Å²) in [5, 5.41) is 3.41. The summed E-state index contributed by atoms with van der Waals surface area (Å²) in [5.74, 6) is -0.423. The smallest absolute Gasteiger partial charge is 0.374 e.